The van der Waals surface area contributed by atoms with Crippen LogP contribution in [0.5, 0.6) is 5.75 Å². The van der Waals surface area contributed by atoms with Crippen LogP contribution in [0.1, 0.15) is 24.2 Å². The Morgan fingerprint density at radius 2 is 1.84 bits per heavy atom. The maximum absolute atomic E-state index is 13.0. The van der Waals surface area contributed by atoms with Crippen molar-refractivity contribution >= 4 is 42.6 Å². The molecule has 8 nitrogen and oxygen atoms in total. The number of sulfonamides is 1. The number of morpholine rings is 1. The maximum Gasteiger partial charge on any atom is 0.257 e. The fourth-order valence-electron chi connectivity index (χ4n) is 3.57. The van der Waals surface area contributed by atoms with E-state index in [-0.39, 0.29) is 23.0 Å². The highest BCUT2D eigenvalue weighted by Gasteiger charge is 2.32. The number of para-hydroxylation sites is 1. The molecule has 31 heavy (non-hydrogen) atoms. The van der Waals surface area contributed by atoms with Crippen LogP contribution in [0.4, 0.5) is 5.13 Å². The van der Waals surface area contributed by atoms with Gasteiger partial charge in [-0.15, -0.1) is 0 Å². The van der Waals surface area contributed by atoms with Gasteiger partial charge in [0.2, 0.25) is 10.0 Å². The molecule has 1 aliphatic heterocycles. The molecule has 1 aliphatic rings. The van der Waals surface area contributed by atoms with E-state index in [2.05, 4.69) is 10.3 Å². The molecule has 3 aromatic rings. The third-order valence-corrected chi connectivity index (χ3v) is 7.74. The number of amides is 1. The molecule has 4 rings (SSSR count). The lowest BCUT2D eigenvalue weighted by Crippen LogP contribution is -2.48. The molecule has 0 unspecified atom stereocenters. The molecule has 1 amide bonds. The average Bonchev–Trinajstić information content (AvgIpc) is 3.15. The van der Waals surface area contributed by atoms with Crippen LogP contribution in [0, 0.1) is 0 Å². The predicted molar refractivity (Wildman–Crippen MR) is 119 cm³/mol. The van der Waals surface area contributed by atoms with Gasteiger partial charge in [-0.1, -0.05) is 17.4 Å². The average molecular weight is 462 g/mol. The molecule has 1 aromatic heterocycles. The Hall–Kier alpha value is -2.53. The summed E-state index contributed by atoms with van der Waals surface area (Å²) in [6.45, 7) is 4.30. The number of hydrogen-bond donors (Lipinski definition) is 1. The summed E-state index contributed by atoms with van der Waals surface area (Å²) in [4.78, 5) is 17.2. The van der Waals surface area contributed by atoms with Crippen molar-refractivity contribution in [1.29, 1.82) is 0 Å². The molecular formula is C21H23N3O5S2. The monoisotopic (exact) mass is 461 g/mol. The number of ether oxygens (including phenoxy) is 2. The van der Waals surface area contributed by atoms with Crippen molar-refractivity contribution in [3.05, 3.63) is 48.0 Å². The topological polar surface area (TPSA) is 97.8 Å². The summed E-state index contributed by atoms with van der Waals surface area (Å²) in [5.74, 6) is 0.270. The summed E-state index contributed by atoms with van der Waals surface area (Å²) in [6, 6.07) is 11.5. The van der Waals surface area contributed by atoms with E-state index in [1.807, 2.05) is 32.0 Å². The van der Waals surface area contributed by atoms with Crippen molar-refractivity contribution in [2.24, 2.45) is 0 Å². The van der Waals surface area contributed by atoms with Crippen LogP contribution in [0.15, 0.2) is 47.4 Å². The summed E-state index contributed by atoms with van der Waals surface area (Å²) in [5.41, 5.74) is 1.02. The molecule has 0 radical (unpaired) electrons. The van der Waals surface area contributed by atoms with Gasteiger partial charge in [0.1, 0.15) is 11.3 Å². The van der Waals surface area contributed by atoms with Crippen LogP contribution < -0.4 is 10.1 Å². The summed E-state index contributed by atoms with van der Waals surface area (Å²) in [6.07, 6.45) is -0.341. The highest BCUT2D eigenvalue weighted by molar-refractivity contribution is 7.89. The second-order valence-electron chi connectivity index (χ2n) is 7.38. The smallest absolute Gasteiger partial charge is 0.257 e. The number of nitrogens with zero attached hydrogens (tertiary/aromatic N) is 2. The summed E-state index contributed by atoms with van der Waals surface area (Å²) >= 11 is 1.34. The van der Waals surface area contributed by atoms with Gasteiger partial charge in [0.05, 0.1) is 28.9 Å². The number of benzene rings is 2. The molecule has 0 aliphatic carbocycles. The van der Waals surface area contributed by atoms with Gasteiger partial charge >= 0.3 is 0 Å². The zero-order valence-corrected chi connectivity index (χ0v) is 19.0. The molecule has 2 aromatic carbocycles. The van der Waals surface area contributed by atoms with Crippen molar-refractivity contribution in [3.8, 4) is 5.75 Å². The third kappa shape index (κ3) is 4.42. The lowest BCUT2D eigenvalue weighted by Gasteiger charge is -2.34. The minimum Gasteiger partial charge on any atom is -0.494 e. The fourth-order valence-corrected chi connectivity index (χ4v) is 6.03. The van der Waals surface area contributed by atoms with Crippen molar-refractivity contribution in [3.63, 3.8) is 0 Å². The van der Waals surface area contributed by atoms with E-state index in [4.69, 9.17) is 9.47 Å². The molecule has 0 bridgehead atoms. The van der Waals surface area contributed by atoms with Crippen LogP contribution in [0.2, 0.25) is 0 Å². The Morgan fingerprint density at radius 3 is 2.48 bits per heavy atom. The minimum atomic E-state index is -3.66. The molecule has 0 saturated carbocycles. The quantitative estimate of drug-likeness (QED) is 0.626. The summed E-state index contributed by atoms with van der Waals surface area (Å²) in [7, 11) is -2.09. The van der Waals surface area contributed by atoms with E-state index in [1.54, 1.807) is 7.11 Å². The Kier molecular flexibility index (Phi) is 5.98. The Balaban J connectivity index is 1.51. The van der Waals surface area contributed by atoms with E-state index in [1.165, 1.54) is 39.9 Å². The SMILES string of the molecule is COc1cccc2sc(NC(=O)c3ccc(S(=O)(=O)N4C[C@@H](C)O[C@@H](C)C4)cc3)nc12. The van der Waals surface area contributed by atoms with E-state index >= 15 is 0 Å². The fraction of sp³-hybridized carbons (Fsp3) is 0.333. The number of carbonyl (C=O) groups is 1. The first-order chi connectivity index (χ1) is 14.8. The number of thiazole rings is 1. The van der Waals surface area contributed by atoms with E-state index in [9.17, 15) is 13.2 Å². The second-order valence-corrected chi connectivity index (χ2v) is 10.4. The normalized spacial score (nSPS) is 20.0. The maximum atomic E-state index is 13.0. The van der Waals surface area contributed by atoms with Gasteiger partial charge in [-0.25, -0.2) is 13.4 Å². The van der Waals surface area contributed by atoms with Gasteiger partial charge in [0.15, 0.2) is 5.13 Å². The van der Waals surface area contributed by atoms with Crippen LogP contribution >= 0.6 is 11.3 Å². The molecule has 0 spiro atoms. The lowest BCUT2D eigenvalue weighted by molar-refractivity contribution is -0.0440. The minimum absolute atomic E-state index is 0.148. The number of nitrogens with one attached hydrogen (secondary N) is 1. The van der Waals surface area contributed by atoms with E-state index in [0.29, 0.717) is 35.1 Å². The number of anilines is 1. The van der Waals surface area contributed by atoms with Crippen LogP contribution in [-0.4, -0.2) is 56.0 Å². The van der Waals surface area contributed by atoms with Gasteiger partial charge in [-0.3, -0.25) is 10.1 Å². The number of rotatable bonds is 5. The van der Waals surface area contributed by atoms with Crippen molar-refractivity contribution < 1.29 is 22.7 Å². The first-order valence-corrected chi connectivity index (χ1v) is 12.0. The number of aromatic nitrogens is 1. The van der Waals surface area contributed by atoms with Gasteiger partial charge in [0, 0.05) is 18.7 Å². The third-order valence-electron chi connectivity index (χ3n) is 4.96. The molecule has 10 heteroatoms. The molecule has 2 heterocycles. The lowest BCUT2D eigenvalue weighted by atomic mass is 10.2. The predicted octanol–water partition coefficient (Wildman–Crippen LogP) is 3.36. The number of hydrogen-bond acceptors (Lipinski definition) is 7. The van der Waals surface area contributed by atoms with Gasteiger partial charge < -0.3 is 9.47 Å². The summed E-state index contributed by atoms with van der Waals surface area (Å²) in [5, 5.41) is 3.21. The Bertz CT molecular complexity index is 1200. The van der Waals surface area contributed by atoms with Crippen molar-refractivity contribution in [2.45, 2.75) is 31.0 Å². The zero-order chi connectivity index (χ0) is 22.2. The first kappa shape index (κ1) is 21.7. The molecular weight excluding hydrogens is 438 g/mol. The number of methoxy groups -OCH3 is 1. The van der Waals surface area contributed by atoms with Crippen LogP contribution in [0.25, 0.3) is 10.2 Å². The van der Waals surface area contributed by atoms with Crippen LogP contribution in [0.3, 0.4) is 0 Å². The Morgan fingerprint density at radius 1 is 1.16 bits per heavy atom. The van der Waals surface area contributed by atoms with Gasteiger partial charge in [0.25, 0.3) is 5.91 Å². The Labute approximate surface area is 184 Å². The molecule has 1 saturated heterocycles. The summed E-state index contributed by atoms with van der Waals surface area (Å²) < 4.78 is 39.2. The molecule has 1 fully saturated rings. The van der Waals surface area contributed by atoms with Gasteiger partial charge in [-0.05, 0) is 50.2 Å². The number of fused-ring (bicyclic) bond motifs is 1. The zero-order valence-electron chi connectivity index (χ0n) is 17.4. The van der Waals surface area contributed by atoms with Crippen molar-refractivity contribution in [1.82, 2.24) is 9.29 Å². The highest BCUT2D eigenvalue weighted by atomic mass is 32.2. The van der Waals surface area contributed by atoms with E-state index < -0.39 is 10.0 Å². The molecule has 2 atom stereocenters. The largest absolute Gasteiger partial charge is 0.494 e. The van der Waals surface area contributed by atoms with Gasteiger partial charge in [-0.2, -0.15) is 4.31 Å². The van der Waals surface area contributed by atoms with Crippen LogP contribution in [-0.2, 0) is 14.8 Å². The van der Waals surface area contributed by atoms with E-state index in [0.717, 1.165) is 4.70 Å². The second kappa shape index (κ2) is 8.54. The number of carbonyl (C=O) groups excluding carboxylic acids is 1. The first-order valence-electron chi connectivity index (χ1n) is 9.78. The molecule has 164 valence electrons. The standard InChI is InChI=1S/C21H23N3O5S2/c1-13-11-24(12-14(2)29-13)31(26,27)16-9-7-15(8-10-16)20(25)23-21-22-19-17(28-3)5-4-6-18(19)30-21/h4-10,13-14H,11-12H2,1-3H3,(H,22,23,25)/t13-,14+. The highest BCUT2D eigenvalue weighted by Crippen LogP contribution is 2.32. The molecule has 1 N–H and O–H groups in total. The van der Waals surface area contributed by atoms with Crippen molar-refractivity contribution in [2.75, 3.05) is 25.5 Å².